The third kappa shape index (κ3) is 6.64. The highest BCUT2D eigenvalue weighted by Crippen LogP contribution is 2.32. The zero-order chi connectivity index (χ0) is 23.3. The Morgan fingerprint density at radius 2 is 1.94 bits per heavy atom. The molecular formula is C24H32O7. The van der Waals surface area contributed by atoms with Gasteiger partial charge in [-0.15, -0.1) is 0 Å². The third-order valence-corrected chi connectivity index (χ3v) is 5.31. The fourth-order valence-electron chi connectivity index (χ4n) is 3.84. The number of ether oxygens (including phenoxy) is 3. The lowest BCUT2D eigenvalue weighted by atomic mass is 9.83. The van der Waals surface area contributed by atoms with Crippen molar-refractivity contribution in [3.63, 3.8) is 0 Å². The van der Waals surface area contributed by atoms with E-state index in [-0.39, 0.29) is 24.5 Å². The van der Waals surface area contributed by atoms with Gasteiger partial charge in [-0.1, -0.05) is 24.6 Å². The van der Waals surface area contributed by atoms with Crippen molar-refractivity contribution in [2.45, 2.75) is 78.6 Å². The number of ketones is 2. The van der Waals surface area contributed by atoms with Gasteiger partial charge in [-0.05, 0) is 39.2 Å². The van der Waals surface area contributed by atoms with E-state index in [0.717, 1.165) is 30.1 Å². The molecule has 1 unspecified atom stereocenters. The SMILES string of the molecule is C=C(C)[C@@H]1CCC(C)=C[C@H]1OC(=O)C(C(=O)CCC)C(=O)CC1=CC(=O)OC(C)(C)O1. The Morgan fingerprint density at radius 1 is 1.26 bits per heavy atom. The van der Waals surface area contributed by atoms with Crippen LogP contribution < -0.4 is 0 Å². The molecule has 0 saturated heterocycles. The van der Waals surface area contributed by atoms with E-state index in [1.165, 1.54) is 13.8 Å². The maximum absolute atomic E-state index is 13.0. The minimum absolute atomic E-state index is 0.0570. The normalized spacial score (nSPS) is 23.5. The van der Waals surface area contributed by atoms with E-state index >= 15 is 0 Å². The van der Waals surface area contributed by atoms with Crippen LogP contribution in [0.5, 0.6) is 0 Å². The average molecular weight is 433 g/mol. The van der Waals surface area contributed by atoms with Crippen molar-refractivity contribution in [1.82, 2.24) is 0 Å². The number of cyclic esters (lactones) is 1. The molecule has 0 saturated carbocycles. The van der Waals surface area contributed by atoms with E-state index in [1.54, 1.807) is 6.92 Å². The molecule has 0 fully saturated rings. The molecule has 0 bridgehead atoms. The van der Waals surface area contributed by atoms with Crippen LogP contribution in [0, 0.1) is 11.8 Å². The fraction of sp³-hybridized carbons (Fsp3) is 0.583. The molecule has 1 aliphatic carbocycles. The lowest BCUT2D eigenvalue weighted by Crippen LogP contribution is -2.39. The molecule has 2 rings (SSSR count). The van der Waals surface area contributed by atoms with Gasteiger partial charge in [-0.25, -0.2) is 4.79 Å². The van der Waals surface area contributed by atoms with Gasteiger partial charge in [0.2, 0.25) is 5.79 Å². The summed E-state index contributed by atoms with van der Waals surface area (Å²) in [5.41, 5.74) is 1.96. The van der Waals surface area contributed by atoms with Crippen molar-refractivity contribution in [2.24, 2.45) is 11.8 Å². The van der Waals surface area contributed by atoms with Gasteiger partial charge in [-0.2, -0.15) is 0 Å². The summed E-state index contributed by atoms with van der Waals surface area (Å²) < 4.78 is 16.2. The summed E-state index contributed by atoms with van der Waals surface area (Å²) in [4.78, 5) is 50.4. The van der Waals surface area contributed by atoms with Crippen molar-refractivity contribution in [3.8, 4) is 0 Å². The molecule has 0 radical (unpaired) electrons. The zero-order valence-corrected chi connectivity index (χ0v) is 19.0. The number of carbonyl (C=O) groups excluding carboxylic acids is 4. The van der Waals surface area contributed by atoms with Crippen LogP contribution in [0.4, 0.5) is 0 Å². The Labute approximate surface area is 183 Å². The van der Waals surface area contributed by atoms with Gasteiger partial charge >= 0.3 is 11.9 Å². The highest BCUT2D eigenvalue weighted by atomic mass is 16.7. The Balaban J connectivity index is 2.23. The monoisotopic (exact) mass is 432 g/mol. The second-order valence-corrected chi connectivity index (χ2v) is 8.73. The van der Waals surface area contributed by atoms with Gasteiger partial charge in [0.15, 0.2) is 17.5 Å². The summed E-state index contributed by atoms with van der Waals surface area (Å²) in [5.74, 6) is -5.49. The van der Waals surface area contributed by atoms with Crippen molar-refractivity contribution in [3.05, 3.63) is 35.6 Å². The molecule has 0 aromatic carbocycles. The van der Waals surface area contributed by atoms with Crippen LogP contribution in [-0.2, 0) is 33.4 Å². The van der Waals surface area contributed by atoms with Crippen molar-refractivity contribution in [1.29, 1.82) is 0 Å². The molecule has 0 amide bonds. The van der Waals surface area contributed by atoms with E-state index in [4.69, 9.17) is 14.2 Å². The quantitative estimate of drug-likeness (QED) is 0.309. The van der Waals surface area contributed by atoms with Crippen LogP contribution in [0.1, 0.15) is 66.7 Å². The molecule has 0 N–H and O–H groups in total. The van der Waals surface area contributed by atoms with E-state index in [2.05, 4.69) is 6.58 Å². The van der Waals surface area contributed by atoms with Crippen molar-refractivity contribution in [2.75, 3.05) is 0 Å². The number of carbonyl (C=O) groups is 4. The van der Waals surface area contributed by atoms with E-state index in [1.807, 2.05) is 19.9 Å². The second kappa shape index (κ2) is 10.1. The molecule has 0 aromatic heterocycles. The number of hydrogen-bond acceptors (Lipinski definition) is 7. The summed E-state index contributed by atoms with van der Waals surface area (Å²) >= 11 is 0. The zero-order valence-electron chi connectivity index (χ0n) is 19.0. The molecule has 0 spiro atoms. The molecule has 170 valence electrons. The highest BCUT2D eigenvalue weighted by Gasteiger charge is 2.39. The number of Topliss-reactive ketones (excluding diaryl/α,β-unsaturated/α-hetero) is 2. The smallest absolute Gasteiger partial charge is 0.337 e. The van der Waals surface area contributed by atoms with E-state index in [9.17, 15) is 19.2 Å². The lowest BCUT2D eigenvalue weighted by molar-refractivity contribution is -0.205. The van der Waals surface area contributed by atoms with Gasteiger partial charge in [0.25, 0.3) is 0 Å². The van der Waals surface area contributed by atoms with E-state index in [0.29, 0.717) is 6.42 Å². The number of esters is 2. The first-order chi connectivity index (χ1) is 14.4. The van der Waals surface area contributed by atoms with Gasteiger partial charge in [-0.3, -0.25) is 14.4 Å². The Hall–Kier alpha value is -2.70. The predicted octanol–water partition coefficient (Wildman–Crippen LogP) is 3.97. The molecule has 2 aliphatic rings. The van der Waals surface area contributed by atoms with Crippen LogP contribution >= 0.6 is 0 Å². The topological polar surface area (TPSA) is 96.0 Å². The molecule has 7 nitrogen and oxygen atoms in total. The number of rotatable bonds is 9. The second-order valence-electron chi connectivity index (χ2n) is 8.73. The average Bonchev–Trinajstić information content (AvgIpc) is 2.59. The number of hydrogen-bond donors (Lipinski definition) is 0. The fourth-order valence-corrected chi connectivity index (χ4v) is 3.84. The summed E-state index contributed by atoms with van der Waals surface area (Å²) in [7, 11) is 0. The van der Waals surface area contributed by atoms with Crippen LogP contribution in [-0.4, -0.2) is 35.4 Å². The first-order valence-electron chi connectivity index (χ1n) is 10.6. The first kappa shape index (κ1) is 24.6. The Morgan fingerprint density at radius 3 is 2.52 bits per heavy atom. The minimum atomic E-state index is -1.56. The van der Waals surface area contributed by atoms with Crippen LogP contribution in [0.3, 0.4) is 0 Å². The molecular weight excluding hydrogens is 400 g/mol. The molecule has 31 heavy (non-hydrogen) atoms. The van der Waals surface area contributed by atoms with Gasteiger partial charge < -0.3 is 14.2 Å². The van der Waals surface area contributed by atoms with Crippen molar-refractivity contribution >= 4 is 23.5 Å². The summed E-state index contributed by atoms with van der Waals surface area (Å²) in [5, 5.41) is 0. The van der Waals surface area contributed by atoms with E-state index < -0.39 is 41.3 Å². The molecule has 3 atom stereocenters. The van der Waals surface area contributed by atoms with Crippen LogP contribution in [0.2, 0.25) is 0 Å². The largest absolute Gasteiger partial charge is 0.457 e. The summed E-state index contributed by atoms with van der Waals surface area (Å²) in [6.07, 6.45) is 4.19. The highest BCUT2D eigenvalue weighted by molar-refractivity contribution is 6.17. The van der Waals surface area contributed by atoms with Crippen LogP contribution in [0.15, 0.2) is 35.6 Å². The maximum Gasteiger partial charge on any atom is 0.337 e. The maximum atomic E-state index is 13.0. The summed E-state index contributed by atoms with van der Waals surface area (Å²) in [6, 6.07) is 0. The molecule has 1 aliphatic heterocycles. The van der Waals surface area contributed by atoms with Crippen LogP contribution in [0.25, 0.3) is 0 Å². The lowest BCUT2D eigenvalue weighted by Gasteiger charge is -2.31. The third-order valence-electron chi connectivity index (χ3n) is 5.31. The standard InChI is InChI=1S/C24H32O7/c1-7-8-18(25)22(19(26)12-16-13-21(27)31-24(5,6)30-16)23(28)29-20-11-15(4)9-10-17(20)14(2)3/h11,13,17,20,22H,2,7-10,12H2,1,3-6H3/t17-,20+,22?/m0/s1. The van der Waals surface area contributed by atoms with Gasteiger partial charge in [0, 0.05) is 26.2 Å². The first-order valence-corrected chi connectivity index (χ1v) is 10.6. The summed E-state index contributed by atoms with van der Waals surface area (Å²) in [6.45, 7) is 12.7. The predicted molar refractivity (Wildman–Crippen MR) is 114 cm³/mol. The van der Waals surface area contributed by atoms with Gasteiger partial charge in [0.1, 0.15) is 11.9 Å². The minimum Gasteiger partial charge on any atom is -0.457 e. The number of allylic oxidation sites excluding steroid dienone is 2. The Kier molecular flexibility index (Phi) is 7.98. The molecule has 1 heterocycles. The molecule has 0 aromatic rings. The van der Waals surface area contributed by atoms with Gasteiger partial charge in [0.05, 0.1) is 12.5 Å². The molecule has 7 heteroatoms. The van der Waals surface area contributed by atoms with Crippen molar-refractivity contribution < 1.29 is 33.4 Å². The Bertz CT molecular complexity index is 831.